The third kappa shape index (κ3) is 2.84. The second-order valence-electron chi connectivity index (χ2n) is 5.55. The molecule has 1 aromatic rings. The van der Waals surface area contributed by atoms with Crippen molar-refractivity contribution in [1.82, 2.24) is 4.98 Å². The summed E-state index contributed by atoms with van der Waals surface area (Å²) in [6.07, 6.45) is 2.57. The van der Waals surface area contributed by atoms with Gasteiger partial charge in [-0.05, 0) is 31.2 Å². The second-order valence-corrected chi connectivity index (χ2v) is 5.95. The van der Waals surface area contributed by atoms with Gasteiger partial charge in [0.15, 0.2) is 0 Å². The fraction of sp³-hybridized carbons (Fsp3) is 0.571. The lowest BCUT2D eigenvalue weighted by Crippen LogP contribution is -2.46. The number of hydrogen-bond acceptors (Lipinski definition) is 3. The van der Waals surface area contributed by atoms with E-state index < -0.39 is 5.97 Å². The van der Waals surface area contributed by atoms with Crippen molar-refractivity contribution in [3.63, 3.8) is 0 Å². The molecule has 4 nitrogen and oxygen atoms in total. The predicted octanol–water partition coefficient (Wildman–Crippen LogP) is 3.30. The van der Waals surface area contributed by atoms with E-state index >= 15 is 0 Å². The van der Waals surface area contributed by atoms with Crippen LogP contribution in [0.4, 0.5) is 5.82 Å². The zero-order valence-corrected chi connectivity index (χ0v) is 12.2. The molecule has 1 aliphatic heterocycles. The van der Waals surface area contributed by atoms with Gasteiger partial charge >= 0.3 is 5.97 Å². The smallest absolute Gasteiger partial charge is 0.337 e. The van der Waals surface area contributed by atoms with Crippen molar-refractivity contribution in [3.05, 3.63) is 22.8 Å². The molecule has 1 fully saturated rings. The third-order valence-corrected chi connectivity index (χ3v) is 4.22. The minimum Gasteiger partial charge on any atom is -0.478 e. The van der Waals surface area contributed by atoms with Crippen molar-refractivity contribution in [2.45, 2.75) is 33.2 Å². The molecule has 3 unspecified atom stereocenters. The molecule has 1 saturated heterocycles. The van der Waals surface area contributed by atoms with Crippen LogP contribution in [0.3, 0.4) is 0 Å². The lowest BCUT2D eigenvalue weighted by Gasteiger charge is -2.42. The molecule has 0 bridgehead atoms. The van der Waals surface area contributed by atoms with Gasteiger partial charge in [-0.25, -0.2) is 9.78 Å². The maximum Gasteiger partial charge on any atom is 0.337 e. The van der Waals surface area contributed by atoms with Gasteiger partial charge in [0.1, 0.15) is 5.82 Å². The monoisotopic (exact) mass is 282 g/mol. The summed E-state index contributed by atoms with van der Waals surface area (Å²) in [4.78, 5) is 17.3. The van der Waals surface area contributed by atoms with E-state index in [9.17, 15) is 4.79 Å². The van der Waals surface area contributed by atoms with Crippen LogP contribution in [0.15, 0.2) is 12.3 Å². The molecule has 0 spiro atoms. The van der Waals surface area contributed by atoms with E-state index in [1.165, 1.54) is 18.7 Å². The first-order chi connectivity index (χ1) is 8.90. The number of carboxylic acids is 1. The van der Waals surface area contributed by atoms with Crippen molar-refractivity contribution in [1.29, 1.82) is 0 Å². The van der Waals surface area contributed by atoms with Gasteiger partial charge in [-0.1, -0.05) is 25.4 Å². The minimum atomic E-state index is -1.01. The van der Waals surface area contributed by atoms with Crippen molar-refractivity contribution in [3.8, 4) is 0 Å². The first-order valence-corrected chi connectivity index (χ1v) is 6.93. The number of pyridine rings is 1. The van der Waals surface area contributed by atoms with E-state index in [-0.39, 0.29) is 5.56 Å². The lowest BCUT2D eigenvalue weighted by atomic mass is 9.86. The fourth-order valence-electron chi connectivity index (χ4n) is 2.75. The standard InChI is InChI=1S/C14H19ClN2O2/c1-8-4-9(2)10(3)17(7-8)13-12(15)5-11(6-16-13)14(18)19/h5-6,8-10H,4,7H2,1-3H3,(H,18,19). The zero-order valence-electron chi connectivity index (χ0n) is 11.4. The molecular formula is C14H19ClN2O2. The zero-order chi connectivity index (χ0) is 14.2. The van der Waals surface area contributed by atoms with Crippen molar-refractivity contribution in [2.75, 3.05) is 11.4 Å². The number of carboxylic acid groups (broad SMARTS) is 1. The van der Waals surface area contributed by atoms with Gasteiger partial charge in [-0.15, -0.1) is 0 Å². The van der Waals surface area contributed by atoms with Crippen molar-refractivity contribution >= 4 is 23.4 Å². The summed E-state index contributed by atoms with van der Waals surface area (Å²) in [6.45, 7) is 7.52. The number of anilines is 1. The van der Waals surface area contributed by atoms with Crippen LogP contribution < -0.4 is 4.90 Å². The van der Waals surface area contributed by atoms with E-state index in [0.29, 0.717) is 28.7 Å². The Morgan fingerprint density at radius 2 is 2.16 bits per heavy atom. The first kappa shape index (κ1) is 14.1. The molecule has 0 radical (unpaired) electrons. The quantitative estimate of drug-likeness (QED) is 0.904. The number of nitrogens with zero attached hydrogens (tertiary/aromatic N) is 2. The number of rotatable bonds is 2. The van der Waals surface area contributed by atoms with Gasteiger partial charge in [0.2, 0.25) is 0 Å². The van der Waals surface area contributed by atoms with Crippen LogP contribution in [0.2, 0.25) is 5.02 Å². The number of aromatic carboxylic acids is 1. The maximum absolute atomic E-state index is 10.9. The number of aromatic nitrogens is 1. The molecule has 2 heterocycles. The Bertz CT molecular complexity index is 492. The van der Waals surface area contributed by atoms with Crippen LogP contribution in [-0.4, -0.2) is 28.6 Å². The molecule has 19 heavy (non-hydrogen) atoms. The highest BCUT2D eigenvalue weighted by Crippen LogP contribution is 2.34. The van der Waals surface area contributed by atoms with Crippen LogP contribution in [0, 0.1) is 11.8 Å². The molecule has 2 rings (SSSR count). The highest BCUT2D eigenvalue weighted by atomic mass is 35.5. The minimum absolute atomic E-state index is 0.125. The van der Waals surface area contributed by atoms with Crippen LogP contribution in [-0.2, 0) is 0 Å². The average Bonchev–Trinajstić information content (AvgIpc) is 2.33. The summed E-state index contributed by atoms with van der Waals surface area (Å²) < 4.78 is 0. The Labute approximate surface area is 118 Å². The highest BCUT2D eigenvalue weighted by Gasteiger charge is 2.30. The van der Waals surface area contributed by atoms with Gasteiger partial charge in [-0.2, -0.15) is 0 Å². The molecule has 0 saturated carbocycles. The van der Waals surface area contributed by atoms with Crippen LogP contribution >= 0.6 is 11.6 Å². The van der Waals surface area contributed by atoms with E-state index in [2.05, 4.69) is 30.7 Å². The molecule has 5 heteroatoms. The largest absolute Gasteiger partial charge is 0.478 e. The Balaban J connectivity index is 2.32. The fourth-order valence-corrected chi connectivity index (χ4v) is 3.03. The molecule has 1 aliphatic rings. The van der Waals surface area contributed by atoms with Gasteiger partial charge in [0.25, 0.3) is 0 Å². The first-order valence-electron chi connectivity index (χ1n) is 6.55. The van der Waals surface area contributed by atoms with Crippen molar-refractivity contribution in [2.24, 2.45) is 11.8 Å². The summed E-state index contributed by atoms with van der Waals surface area (Å²) in [5, 5.41) is 9.34. The maximum atomic E-state index is 10.9. The Hall–Kier alpha value is -1.29. The van der Waals surface area contributed by atoms with E-state index in [1.807, 2.05) is 0 Å². The SMILES string of the molecule is CC1CC(C)C(C)N(c2ncc(C(=O)O)cc2Cl)C1. The summed E-state index contributed by atoms with van der Waals surface area (Å²) in [6, 6.07) is 1.83. The van der Waals surface area contributed by atoms with Gasteiger partial charge < -0.3 is 10.0 Å². The summed E-state index contributed by atoms with van der Waals surface area (Å²) >= 11 is 6.20. The van der Waals surface area contributed by atoms with Crippen LogP contribution in [0.1, 0.15) is 37.6 Å². The third-order valence-electron chi connectivity index (χ3n) is 3.94. The normalized spacial score (nSPS) is 27.4. The van der Waals surface area contributed by atoms with E-state index in [0.717, 1.165) is 6.54 Å². The van der Waals surface area contributed by atoms with Crippen molar-refractivity contribution < 1.29 is 9.90 Å². The molecule has 3 atom stereocenters. The molecule has 104 valence electrons. The number of carbonyl (C=O) groups is 1. The molecule has 0 aliphatic carbocycles. The highest BCUT2D eigenvalue weighted by molar-refractivity contribution is 6.33. The number of piperidine rings is 1. The predicted molar refractivity (Wildman–Crippen MR) is 76.0 cm³/mol. The van der Waals surface area contributed by atoms with Gasteiger partial charge in [0.05, 0.1) is 10.6 Å². The Morgan fingerprint density at radius 3 is 2.74 bits per heavy atom. The Morgan fingerprint density at radius 1 is 1.47 bits per heavy atom. The van der Waals surface area contributed by atoms with E-state index in [4.69, 9.17) is 16.7 Å². The summed E-state index contributed by atoms with van der Waals surface area (Å²) in [7, 11) is 0. The summed E-state index contributed by atoms with van der Waals surface area (Å²) in [5.41, 5.74) is 0.125. The summed E-state index contributed by atoms with van der Waals surface area (Å²) in [5.74, 6) is 0.843. The molecule has 1 N–H and O–H groups in total. The number of hydrogen-bond donors (Lipinski definition) is 1. The molecular weight excluding hydrogens is 264 g/mol. The molecule has 0 amide bonds. The van der Waals surface area contributed by atoms with E-state index in [1.54, 1.807) is 0 Å². The van der Waals surface area contributed by atoms with Gasteiger partial charge in [0, 0.05) is 18.8 Å². The average molecular weight is 283 g/mol. The van der Waals surface area contributed by atoms with Crippen LogP contribution in [0.25, 0.3) is 0 Å². The topological polar surface area (TPSA) is 53.4 Å². The molecule has 1 aromatic heterocycles. The lowest BCUT2D eigenvalue weighted by molar-refractivity contribution is 0.0696. The van der Waals surface area contributed by atoms with Crippen LogP contribution in [0.5, 0.6) is 0 Å². The molecule has 0 aromatic carbocycles. The Kier molecular flexibility index (Phi) is 3.99. The second kappa shape index (κ2) is 5.37. The number of halogens is 1. The van der Waals surface area contributed by atoms with Gasteiger partial charge in [-0.3, -0.25) is 0 Å².